The zero-order valence-electron chi connectivity index (χ0n) is 8.77. The molecule has 1 aromatic heterocycles. The molecule has 1 nitrogen and oxygen atoms in total. The summed E-state index contributed by atoms with van der Waals surface area (Å²) in [5, 5.41) is 2.07. The Bertz CT molecular complexity index is 406. The van der Waals surface area contributed by atoms with E-state index < -0.39 is 0 Å². The molecule has 0 bridgehead atoms. The fraction of sp³-hybridized carbons (Fsp3) is 0.231. The van der Waals surface area contributed by atoms with Crippen LogP contribution in [0.5, 0.6) is 5.75 Å². The van der Waals surface area contributed by atoms with E-state index >= 15 is 0 Å². The number of aryl methyl sites for hydroxylation is 1. The van der Waals surface area contributed by atoms with E-state index in [1.807, 2.05) is 12.1 Å². The van der Waals surface area contributed by atoms with E-state index in [-0.39, 0.29) is 0 Å². The van der Waals surface area contributed by atoms with Crippen LogP contribution in [0.1, 0.15) is 17.4 Å². The second-order valence-electron chi connectivity index (χ2n) is 3.33. The Morgan fingerprint density at radius 3 is 2.73 bits per heavy atom. The molecule has 1 heterocycles. The van der Waals surface area contributed by atoms with Gasteiger partial charge in [-0.3, -0.25) is 0 Å². The monoisotopic (exact) mass is 218 g/mol. The maximum Gasteiger partial charge on any atom is 0.123 e. The van der Waals surface area contributed by atoms with Gasteiger partial charge in [-0.1, -0.05) is 31.2 Å². The highest BCUT2D eigenvalue weighted by Gasteiger charge is 2.01. The van der Waals surface area contributed by atoms with Crippen molar-refractivity contribution < 1.29 is 4.74 Å². The first kappa shape index (κ1) is 10.2. The molecule has 0 fully saturated rings. The highest BCUT2D eigenvalue weighted by molar-refractivity contribution is 7.09. The van der Waals surface area contributed by atoms with Gasteiger partial charge in [-0.25, -0.2) is 0 Å². The molecule has 2 aromatic rings. The Balaban J connectivity index is 2.04. The molecule has 0 saturated heterocycles. The Labute approximate surface area is 94.3 Å². The lowest BCUT2D eigenvalue weighted by Gasteiger charge is -2.08. The molecule has 15 heavy (non-hydrogen) atoms. The normalized spacial score (nSPS) is 10.2. The minimum atomic E-state index is 0.675. The number of thiophene rings is 1. The van der Waals surface area contributed by atoms with Crippen LogP contribution in [-0.4, -0.2) is 0 Å². The molecule has 0 N–H and O–H groups in total. The van der Waals surface area contributed by atoms with E-state index in [1.54, 1.807) is 11.3 Å². The lowest BCUT2D eigenvalue weighted by molar-refractivity contribution is 0.306. The summed E-state index contributed by atoms with van der Waals surface area (Å²) in [6.07, 6.45) is 1.01. The third-order valence-electron chi connectivity index (χ3n) is 2.30. The van der Waals surface area contributed by atoms with Gasteiger partial charge in [-0.2, -0.15) is 0 Å². The Kier molecular flexibility index (Phi) is 3.41. The number of rotatable bonds is 4. The molecule has 0 unspecified atom stereocenters. The van der Waals surface area contributed by atoms with Crippen molar-refractivity contribution in [2.45, 2.75) is 20.0 Å². The number of para-hydroxylation sites is 1. The number of ether oxygens (including phenoxy) is 1. The van der Waals surface area contributed by atoms with Crippen LogP contribution in [0.4, 0.5) is 0 Å². The van der Waals surface area contributed by atoms with Gasteiger partial charge in [0.15, 0.2) is 0 Å². The van der Waals surface area contributed by atoms with Crippen molar-refractivity contribution in [3.8, 4) is 5.75 Å². The van der Waals surface area contributed by atoms with Crippen LogP contribution in [0.2, 0.25) is 0 Å². The van der Waals surface area contributed by atoms with Gasteiger partial charge in [0.1, 0.15) is 12.4 Å². The van der Waals surface area contributed by atoms with Crippen LogP contribution in [0.3, 0.4) is 0 Å². The first-order valence-electron chi connectivity index (χ1n) is 5.13. The molecule has 0 atom stereocenters. The van der Waals surface area contributed by atoms with Crippen molar-refractivity contribution in [3.63, 3.8) is 0 Å². The molecular formula is C13H14OS. The average molecular weight is 218 g/mol. The first-order chi connectivity index (χ1) is 7.40. The van der Waals surface area contributed by atoms with E-state index in [0.29, 0.717) is 6.61 Å². The molecule has 2 rings (SSSR count). The van der Waals surface area contributed by atoms with E-state index in [0.717, 1.165) is 12.2 Å². The van der Waals surface area contributed by atoms with E-state index in [1.165, 1.54) is 10.4 Å². The first-order valence-corrected chi connectivity index (χ1v) is 6.01. The van der Waals surface area contributed by atoms with Gasteiger partial charge < -0.3 is 4.74 Å². The maximum atomic E-state index is 5.78. The number of hydrogen-bond acceptors (Lipinski definition) is 2. The lowest BCUT2D eigenvalue weighted by Crippen LogP contribution is -1.95. The smallest absolute Gasteiger partial charge is 0.123 e. The second-order valence-corrected chi connectivity index (χ2v) is 4.36. The largest absolute Gasteiger partial charge is 0.488 e. The summed E-state index contributed by atoms with van der Waals surface area (Å²) < 4.78 is 5.78. The zero-order chi connectivity index (χ0) is 10.5. The molecule has 0 saturated carbocycles. The van der Waals surface area contributed by atoms with Gasteiger partial charge in [-0.05, 0) is 29.5 Å². The molecule has 0 aliphatic rings. The van der Waals surface area contributed by atoms with Crippen LogP contribution in [0.15, 0.2) is 41.8 Å². The highest BCUT2D eigenvalue weighted by Crippen LogP contribution is 2.20. The maximum absolute atomic E-state index is 5.78. The Hall–Kier alpha value is -1.28. The van der Waals surface area contributed by atoms with Crippen LogP contribution in [-0.2, 0) is 13.0 Å². The van der Waals surface area contributed by atoms with Crippen LogP contribution >= 0.6 is 11.3 Å². The number of hydrogen-bond donors (Lipinski definition) is 0. The summed E-state index contributed by atoms with van der Waals surface area (Å²) >= 11 is 1.73. The van der Waals surface area contributed by atoms with E-state index in [4.69, 9.17) is 4.74 Å². The third kappa shape index (κ3) is 2.60. The summed E-state index contributed by atoms with van der Waals surface area (Å²) in [6.45, 7) is 2.82. The fourth-order valence-corrected chi connectivity index (χ4v) is 2.10. The van der Waals surface area contributed by atoms with Gasteiger partial charge in [0.25, 0.3) is 0 Å². The fourth-order valence-electron chi connectivity index (χ4n) is 1.48. The standard InChI is InChI=1S/C13H14OS/c1-2-11-6-3-4-8-13(11)14-10-12-7-5-9-15-12/h3-9H,2,10H2,1H3. The molecule has 2 heteroatoms. The van der Waals surface area contributed by atoms with Crippen LogP contribution in [0.25, 0.3) is 0 Å². The highest BCUT2D eigenvalue weighted by atomic mass is 32.1. The minimum Gasteiger partial charge on any atom is -0.488 e. The van der Waals surface area contributed by atoms with Crippen molar-refractivity contribution in [1.29, 1.82) is 0 Å². The summed E-state index contributed by atoms with van der Waals surface area (Å²) in [6, 6.07) is 12.4. The zero-order valence-corrected chi connectivity index (χ0v) is 9.59. The van der Waals surface area contributed by atoms with Crippen LogP contribution in [0, 0.1) is 0 Å². The van der Waals surface area contributed by atoms with E-state index in [9.17, 15) is 0 Å². The molecule has 0 aliphatic carbocycles. The van der Waals surface area contributed by atoms with Crippen LogP contribution < -0.4 is 4.74 Å². The molecule has 0 spiro atoms. The topological polar surface area (TPSA) is 9.23 Å². The predicted octanol–water partition coefficient (Wildman–Crippen LogP) is 3.89. The summed E-state index contributed by atoms with van der Waals surface area (Å²) in [5.74, 6) is 1.01. The molecular weight excluding hydrogens is 204 g/mol. The van der Waals surface area contributed by atoms with Gasteiger partial charge in [0.05, 0.1) is 0 Å². The Morgan fingerprint density at radius 2 is 2.00 bits per heavy atom. The average Bonchev–Trinajstić information content (AvgIpc) is 2.79. The summed E-state index contributed by atoms with van der Waals surface area (Å²) in [7, 11) is 0. The van der Waals surface area contributed by atoms with Gasteiger partial charge >= 0.3 is 0 Å². The SMILES string of the molecule is CCc1ccccc1OCc1cccs1. The predicted molar refractivity (Wildman–Crippen MR) is 64.5 cm³/mol. The lowest BCUT2D eigenvalue weighted by atomic mass is 10.1. The molecule has 0 aliphatic heterocycles. The minimum absolute atomic E-state index is 0.675. The van der Waals surface area contributed by atoms with Crippen molar-refractivity contribution in [2.24, 2.45) is 0 Å². The number of benzene rings is 1. The summed E-state index contributed by atoms with van der Waals surface area (Å²) in [4.78, 5) is 1.26. The van der Waals surface area contributed by atoms with Crippen molar-refractivity contribution >= 4 is 11.3 Å². The van der Waals surface area contributed by atoms with Gasteiger partial charge in [0, 0.05) is 4.88 Å². The van der Waals surface area contributed by atoms with Crippen molar-refractivity contribution in [2.75, 3.05) is 0 Å². The molecule has 78 valence electrons. The molecule has 0 radical (unpaired) electrons. The second kappa shape index (κ2) is 4.99. The molecule has 0 amide bonds. The van der Waals surface area contributed by atoms with E-state index in [2.05, 4.69) is 36.6 Å². The third-order valence-corrected chi connectivity index (χ3v) is 3.15. The van der Waals surface area contributed by atoms with Gasteiger partial charge in [-0.15, -0.1) is 11.3 Å². The quantitative estimate of drug-likeness (QED) is 0.756. The molecule has 1 aromatic carbocycles. The van der Waals surface area contributed by atoms with Crippen molar-refractivity contribution in [3.05, 3.63) is 52.2 Å². The van der Waals surface area contributed by atoms with Gasteiger partial charge in [0.2, 0.25) is 0 Å². The summed E-state index contributed by atoms with van der Waals surface area (Å²) in [5.41, 5.74) is 1.27. The Morgan fingerprint density at radius 1 is 1.13 bits per heavy atom. The van der Waals surface area contributed by atoms with Crippen molar-refractivity contribution in [1.82, 2.24) is 0 Å².